The van der Waals surface area contributed by atoms with Crippen molar-refractivity contribution in [1.82, 2.24) is 25.1 Å². The zero-order valence-corrected chi connectivity index (χ0v) is 24.6. The van der Waals surface area contributed by atoms with Crippen molar-refractivity contribution < 1.29 is 17.2 Å². The van der Waals surface area contributed by atoms with Crippen molar-refractivity contribution in [3.8, 4) is 11.3 Å². The lowest BCUT2D eigenvalue weighted by atomic mass is 10.1. The molecule has 0 fully saturated rings. The van der Waals surface area contributed by atoms with Crippen molar-refractivity contribution in [3.63, 3.8) is 0 Å². The lowest BCUT2D eigenvalue weighted by Gasteiger charge is -2.15. The van der Waals surface area contributed by atoms with E-state index in [1.54, 1.807) is 12.3 Å². The highest BCUT2D eigenvalue weighted by Crippen LogP contribution is 2.32. The highest BCUT2D eigenvalue weighted by Gasteiger charge is 2.21. The van der Waals surface area contributed by atoms with Crippen LogP contribution in [-0.2, 0) is 16.4 Å². The molecule has 0 radical (unpaired) electrons. The normalized spacial score (nSPS) is 12.6. The Kier molecular flexibility index (Phi) is 7.92. The quantitative estimate of drug-likeness (QED) is 0.180. The highest BCUT2D eigenvalue weighted by molar-refractivity contribution is 7.90. The van der Waals surface area contributed by atoms with Gasteiger partial charge in [-0.05, 0) is 79.2 Å². The van der Waals surface area contributed by atoms with E-state index in [4.69, 9.17) is 4.42 Å². The molecule has 11 heteroatoms. The van der Waals surface area contributed by atoms with Gasteiger partial charge in [0, 0.05) is 28.3 Å². The molecule has 220 valence electrons. The maximum atomic E-state index is 13.7. The molecule has 9 nitrogen and oxygen atoms in total. The van der Waals surface area contributed by atoms with Crippen LogP contribution in [0.25, 0.3) is 33.1 Å². The van der Waals surface area contributed by atoms with E-state index < -0.39 is 15.9 Å². The minimum atomic E-state index is -3.22. The third-order valence-electron chi connectivity index (χ3n) is 7.13. The van der Waals surface area contributed by atoms with Gasteiger partial charge in [0.05, 0.1) is 35.6 Å². The van der Waals surface area contributed by atoms with Crippen LogP contribution < -0.4 is 10.6 Å². The molecule has 0 aliphatic carbocycles. The Hall–Kier alpha value is -4.61. The van der Waals surface area contributed by atoms with Crippen LogP contribution in [-0.4, -0.2) is 46.7 Å². The van der Waals surface area contributed by atoms with Crippen LogP contribution in [0.4, 0.5) is 15.9 Å². The van der Waals surface area contributed by atoms with E-state index in [-0.39, 0.29) is 11.6 Å². The number of nitrogens with zero attached hydrogens (tertiary/aromatic N) is 4. The summed E-state index contributed by atoms with van der Waals surface area (Å²) in [7, 11) is -3.22. The number of sulfone groups is 1. The van der Waals surface area contributed by atoms with E-state index in [1.165, 1.54) is 24.7 Å². The average molecular weight is 599 g/mol. The van der Waals surface area contributed by atoms with Crippen LogP contribution in [0.5, 0.6) is 0 Å². The van der Waals surface area contributed by atoms with E-state index >= 15 is 0 Å². The van der Waals surface area contributed by atoms with Gasteiger partial charge in [0.15, 0.2) is 0 Å². The Morgan fingerprint density at radius 2 is 1.91 bits per heavy atom. The van der Waals surface area contributed by atoms with E-state index in [9.17, 15) is 12.8 Å². The first-order valence-corrected chi connectivity index (χ1v) is 16.0. The van der Waals surface area contributed by atoms with Crippen molar-refractivity contribution in [1.29, 1.82) is 0 Å². The molecule has 0 aliphatic heterocycles. The van der Waals surface area contributed by atoms with Gasteiger partial charge in [0.1, 0.15) is 39.3 Å². The molecule has 1 atom stereocenters. The van der Waals surface area contributed by atoms with Gasteiger partial charge in [-0.2, -0.15) is 5.10 Å². The van der Waals surface area contributed by atoms with Crippen LogP contribution in [0.1, 0.15) is 30.7 Å². The monoisotopic (exact) mass is 598 g/mol. The van der Waals surface area contributed by atoms with E-state index in [0.717, 1.165) is 45.0 Å². The van der Waals surface area contributed by atoms with Gasteiger partial charge in [-0.1, -0.05) is 19.1 Å². The van der Waals surface area contributed by atoms with Crippen molar-refractivity contribution in [3.05, 3.63) is 102 Å². The number of hydrogen-bond acceptors (Lipinski definition) is 8. The third-order valence-corrected chi connectivity index (χ3v) is 8.06. The molecule has 0 bridgehead atoms. The highest BCUT2D eigenvalue weighted by atomic mass is 32.2. The molecule has 6 rings (SSSR count). The van der Waals surface area contributed by atoms with Crippen molar-refractivity contribution in [2.75, 3.05) is 23.9 Å². The molecule has 3 heterocycles. The number of benzene rings is 3. The average Bonchev–Trinajstić information content (AvgIpc) is 3.62. The minimum absolute atomic E-state index is 0.0480. The molecule has 0 spiro atoms. The first-order valence-electron chi connectivity index (χ1n) is 14.0. The molecule has 2 N–H and O–H groups in total. The Morgan fingerprint density at radius 3 is 2.72 bits per heavy atom. The predicted molar refractivity (Wildman–Crippen MR) is 167 cm³/mol. The Labute approximate surface area is 248 Å². The van der Waals surface area contributed by atoms with Gasteiger partial charge in [-0.3, -0.25) is 4.68 Å². The van der Waals surface area contributed by atoms with Gasteiger partial charge in [0.2, 0.25) is 0 Å². The number of anilines is 2. The summed E-state index contributed by atoms with van der Waals surface area (Å²) in [5.74, 6) is 1.50. The van der Waals surface area contributed by atoms with E-state index in [2.05, 4.69) is 25.7 Å². The summed E-state index contributed by atoms with van der Waals surface area (Å²) < 4.78 is 45.7. The second-order valence-electron chi connectivity index (χ2n) is 10.6. The molecule has 3 aromatic heterocycles. The molecular formula is C32H31FN6O3S. The molecular weight excluding hydrogens is 567 g/mol. The maximum Gasteiger partial charge on any atom is 0.149 e. The standard InChI is InChI=1S/C32H31FN6O3S/c1-3-13-34-28(19-43(2,40)41)31-12-11-30(42-31)22-7-9-27-26(16-22)32(36-20-35-27)38-25-8-10-29-23(15-25)17-37-39(29)18-21-5-4-6-24(33)14-21/h4-12,14-17,20,28,34H,3,13,18-19H2,1-2H3,(H,35,36,38)/t28-/m1/s1. The van der Waals surface area contributed by atoms with Crippen LogP contribution in [0.2, 0.25) is 0 Å². The summed E-state index contributed by atoms with van der Waals surface area (Å²) >= 11 is 0. The third kappa shape index (κ3) is 6.58. The summed E-state index contributed by atoms with van der Waals surface area (Å²) in [6.45, 7) is 3.17. The van der Waals surface area contributed by atoms with E-state index in [1.807, 2.05) is 66.2 Å². The Balaban J connectivity index is 1.26. The number of aromatic nitrogens is 4. The van der Waals surface area contributed by atoms with Crippen LogP contribution in [0.3, 0.4) is 0 Å². The molecule has 3 aromatic carbocycles. The topological polar surface area (TPSA) is 115 Å². The zero-order valence-electron chi connectivity index (χ0n) is 23.8. The summed E-state index contributed by atoms with van der Waals surface area (Å²) in [6, 6.07) is 21.5. The lowest BCUT2D eigenvalue weighted by Crippen LogP contribution is -2.28. The Bertz CT molecular complexity index is 2020. The van der Waals surface area contributed by atoms with Crippen molar-refractivity contribution in [2.24, 2.45) is 0 Å². The fourth-order valence-electron chi connectivity index (χ4n) is 5.10. The van der Waals surface area contributed by atoms with Gasteiger partial charge in [-0.25, -0.2) is 22.8 Å². The molecule has 0 saturated heterocycles. The molecule has 0 unspecified atom stereocenters. The largest absolute Gasteiger partial charge is 0.459 e. The van der Waals surface area contributed by atoms with Gasteiger partial charge < -0.3 is 15.1 Å². The smallest absolute Gasteiger partial charge is 0.149 e. The maximum absolute atomic E-state index is 13.7. The number of halogens is 1. The fraction of sp³-hybridized carbons (Fsp3) is 0.219. The fourth-order valence-corrected chi connectivity index (χ4v) is 5.99. The number of fused-ring (bicyclic) bond motifs is 2. The first kappa shape index (κ1) is 28.5. The number of nitrogens with one attached hydrogen (secondary N) is 2. The number of rotatable bonds is 11. The minimum Gasteiger partial charge on any atom is -0.459 e. The first-order chi connectivity index (χ1) is 20.8. The second-order valence-corrected chi connectivity index (χ2v) is 12.8. The molecule has 43 heavy (non-hydrogen) atoms. The Morgan fingerprint density at radius 1 is 1.02 bits per heavy atom. The SMILES string of the molecule is CCCN[C@H](CS(C)(=O)=O)c1ccc(-c2ccc3ncnc(Nc4ccc5c(cnn5Cc5cccc(F)c5)c4)c3c2)o1. The van der Waals surface area contributed by atoms with Crippen LogP contribution in [0, 0.1) is 5.82 Å². The van der Waals surface area contributed by atoms with Crippen LogP contribution in [0.15, 0.2) is 89.7 Å². The molecule has 6 aromatic rings. The zero-order chi connectivity index (χ0) is 30.0. The van der Waals surface area contributed by atoms with E-state index in [0.29, 0.717) is 30.4 Å². The van der Waals surface area contributed by atoms with Crippen molar-refractivity contribution >= 4 is 43.1 Å². The predicted octanol–water partition coefficient (Wildman–Crippen LogP) is 6.26. The summed E-state index contributed by atoms with van der Waals surface area (Å²) in [4.78, 5) is 8.93. The molecule has 0 saturated carbocycles. The number of furan rings is 1. The van der Waals surface area contributed by atoms with Crippen LogP contribution >= 0.6 is 0 Å². The summed E-state index contributed by atoms with van der Waals surface area (Å²) in [5.41, 5.74) is 4.17. The second kappa shape index (κ2) is 11.9. The van der Waals surface area contributed by atoms with Gasteiger partial charge in [-0.15, -0.1) is 0 Å². The van der Waals surface area contributed by atoms with Gasteiger partial charge >= 0.3 is 0 Å². The van der Waals surface area contributed by atoms with Gasteiger partial charge in [0.25, 0.3) is 0 Å². The van der Waals surface area contributed by atoms with Crippen molar-refractivity contribution in [2.45, 2.75) is 25.9 Å². The summed E-state index contributed by atoms with van der Waals surface area (Å²) in [5, 5.41) is 12.9. The molecule has 0 amide bonds. The number of hydrogen-bond donors (Lipinski definition) is 2. The molecule has 0 aliphatic rings. The lowest BCUT2D eigenvalue weighted by molar-refractivity contribution is 0.437. The summed E-state index contributed by atoms with van der Waals surface area (Å²) in [6.07, 6.45) is 5.40.